The van der Waals surface area contributed by atoms with Gasteiger partial charge in [0.05, 0.1) is 25.7 Å². The van der Waals surface area contributed by atoms with Crippen molar-refractivity contribution in [1.29, 1.82) is 0 Å². The smallest absolute Gasteiger partial charge is 0.308 e. The quantitative estimate of drug-likeness (QED) is 0.319. The summed E-state index contributed by atoms with van der Waals surface area (Å²) in [4.78, 5) is 42.9. The predicted molar refractivity (Wildman–Crippen MR) is 150 cm³/mol. The molecule has 41 heavy (non-hydrogen) atoms. The number of nitrogens with zero attached hydrogens (tertiary/aromatic N) is 1. The zero-order valence-electron chi connectivity index (χ0n) is 23.0. The van der Waals surface area contributed by atoms with Crippen molar-refractivity contribution in [3.63, 3.8) is 0 Å². The number of nitrogens with one attached hydrogen (secondary N) is 2. The third kappa shape index (κ3) is 4.92. The maximum absolute atomic E-state index is 13.3. The first kappa shape index (κ1) is 26.9. The minimum absolute atomic E-state index is 0.0857. The molecule has 4 aliphatic carbocycles. The van der Waals surface area contributed by atoms with E-state index in [9.17, 15) is 19.5 Å². The number of aliphatic carboxylic acids is 1. The summed E-state index contributed by atoms with van der Waals surface area (Å²) in [5.74, 6) is 0.308. The van der Waals surface area contributed by atoms with Crippen molar-refractivity contribution in [3.8, 4) is 23.0 Å². The van der Waals surface area contributed by atoms with E-state index in [1.54, 1.807) is 56.8 Å². The molecular weight excluding hydrogens is 526 g/mol. The van der Waals surface area contributed by atoms with E-state index in [2.05, 4.69) is 15.6 Å². The topological polar surface area (TPSA) is 136 Å². The molecule has 0 saturated heterocycles. The fourth-order valence-electron chi connectivity index (χ4n) is 6.50. The summed E-state index contributed by atoms with van der Waals surface area (Å²) >= 11 is 0. The number of pyridine rings is 1. The number of carboxylic acids is 1. The zero-order chi connectivity index (χ0) is 28.7. The third-order valence-electron chi connectivity index (χ3n) is 8.97. The first-order valence-corrected chi connectivity index (χ1v) is 14.0. The number of anilines is 1. The van der Waals surface area contributed by atoms with Crippen LogP contribution >= 0.6 is 0 Å². The van der Waals surface area contributed by atoms with Crippen LogP contribution in [0, 0.1) is 23.2 Å². The molecule has 3 aromatic rings. The number of ether oxygens (including phenoxy) is 3. The van der Waals surface area contributed by atoms with Crippen LogP contribution in [0.3, 0.4) is 0 Å². The number of carbonyl (C=O) groups is 3. The van der Waals surface area contributed by atoms with Gasteiger partial charge in [-0.25, -0.2) is 0 Å². The van der Waals surface area contributed by atoms with Gasteiger partial charge < -0.3 is 30.0 Å². The standard InChI is InChI=1S/C31H33N3O7/c1-39-24-15-21-22(16-25(24)40-2)32-14-11-23(21)41-20-9-7-19(8-10-20)33-29(37)31(12-13-31)30(38)34-27-18-5-3-17(4-6-18)26(27)28(35)36/h7-11,14-18,26-27H,3-6,12-13H2,1-2H3,(H,33,37)(H,34,38)(H,35,36)/t17?,18?,26-,27-/m1/s1. The van der Waals surface area contributed by atoms with E-state index in [1.165, 1.54) is 0 Å². The zero-order valence-corrected chi connectivity index (χ0v) is 23.0. The van der Waals surface area contributed by atoms with Gasteiger partial charge in [0.15, 0.2) is 11.5 Å². The van der Waals surface area contributed by atoms with Crippen LogP contribution in [0.4, 0.5) is 5.69 Å². The summed E-state index contributed by atoms with van der Waals surface area (Å²) in [5.41, 5.74) is 0.0608. The van der Waals surface area contributed by atoms with Gasteiger partial charge in [-0.05, 0) is 86.8 Å². The maximum Gasteiger partial charge on any atom is 0.308 e. The average molecular weight is 560 g/mol. The fraction of sp³-hybridized carbons (Fsp3) is 0.419. The molecule has 2 aromatic carbocycles. The van der Waals surface area contributed by atoms with Crippen molar-refractivity contribution in [1.82, 2.24) is 10.3 Å². The van der Waals surface area contributed by atoms with Gasteiger partial charge in [0.25, 0.3) is 0 Å². The minimum atomic E-state index is -1.16. The Labute approximate surface area is 237 Å². The van der Waals surface area contributed by atoms with Crippen molar-refractivity contribution in [2.24, 2.45) is 23.2 Å². The molecular formula is C31H33N3O7. The summed E-state index contributed by atoms with van der Waals surface area (Å²) < 4.78 is 16.9. The lowest BCUT2D eigenvalue weighted by Gasteiger charge is -2.47. The average Bonchev–Trinajstić information content (AvgIpc) is 3.80. The van der Waals surface area contributed by atoms with Gasteiger partial charge in [0.1, 0.15) is 16.9 Å². The van der Waals surface area contributed by atoms with Crippen LogP contribution in [-0.2, 0) is 14.4 Å². The minimum Gasteiger partial charge on any atom is -0.493 e. The molecule has 2 atom stereocenters. The monoisotopic (exact) mass is 559 g/mol. The molecule has 4 aliphatic rings. The van der Waals surface area contributed by atoms with Gasteiger partial charge >= 0.3 is 5.97 Å². The Morgan fingerprint density at radius 2 is 1.54 bits per heavy atom. The molecule has 1 aromatic heterocycles. The molecule has 214 valence electrons. The van der Waals surface area contributed by atoms with Gasteiger partial charge in [0.2, 0.25) is 11.8 Å². The molecule has 7 rings (SSSR count). The van der Waals surface area contributed by atoms with Crippen LogP contribution in [0.1, 0.15) is 38.5 Å². The van der Waals surface area contributed by atoms with E-state index < -0.39 is 23.3 Å². The molecule has 1 heterocycles. The van der Waals surface area contributed by atoms with Gasteiger partial charge in [-0.3, -0.25) is 19.4 Å². The number of methoxy groups -OCH3 is 2. The van der Waals surface area contributed by atoms with Gasteiger partial charge in [0, 0.05) is 29.4 Å². The lowest BCUT2D eigenvalue weighted by atomic mass is 9.61. The number of amides is 2. The highest BCUT2D eigenvalue weighted by Gasteiger charge is 2.58. The Hall–Kier alpha value is -4.34. The summed E-state index contributed by atoms with van der Waals surface area (Å²) in [6, 6.07) is 11.8. The van der Waals surface area contributed by atoms with Crippen LogP contribution in [0.15, 0.2) is 48.7 Å². The van der Waals surface area contributed by atoms with Crippen molar-refractivity contribution in [2.45, 2.75) is 44.6 Å². The number of aromatic nitrogens is 1. The number of benzene rings is 2. The molecule has 2 amide bonds. The second-order valence-corrected chi connectivity index (χ2v) is 11.2. The van der Waals surface area contributed by atoms with E-state index in [-0.39, 0.29) is 23.7 Å². The molecule has 3 N–H and O–H groups in total. The lowest BCUT2D eigenvalue weighted by molar-refractivity contribution is -0.150. The van der Waals surface area contributed by atoms with Crippen molar-refractivity contribution < 1.29 is 33.7 Å². The van der Waals surface area contributed by atoms with Crippen LogP contribution < -0.4 is 24.8 Å². The Bertz CT molecular complexity index is 1490. The normalized spacial score (nSPS) is 23.9. The van der Waals surface area contributed by atoms with Crippen molar-refractivity contribution >= 4 is 34.4 Å². The largest absolute Gasteiger partial charge is 0.493 e. The van der Waals surface area contributed by atoms with Gasteiger partial charge in [-0.2, -0.15) is 0 Å². The highest BCUT2D eigenvalue weighted by molar-refractivity contribution is 6.13. The molecule has 2 bridgehead atoms. The summed E-state index contributed by atoms with van der Waals surface area (Å²) in [5, 5.41) is 16.4. The Kier molecular flexibility index (Phi) is 6.93. The van der Waals surface area contributed by atoms with Gasteiger partial charge in [-0.1, -0.05) is 0 Å². The molecule has 10 heteroatoms. The number of carbonyl (C=O) groups excluding carboxylic acids is 2. The van der Waals surface area contributed by atoms with Crippen LogP contribution in [0.25, 0.3) is 10.9 Å². The highest BCUT2D eigenvalue weighted by atomic mass is 16.5. The molecule has 0 spiro atoms. The predicted octanol–water partition coefficient (Wildman–Crippen LogP) is 4.77. The number of carboxylic acid groups (broad SMARTS) is 1. The molecule has 4 saturated carbocycles. The Morgan fingerprint density at radius 3 is 2.17 bits per heavy atom. The number of fused-ring (bicyclic) bond motifs is 4. The second kappa shape index (κ2) is 10.6. The second-order valence-electron chi connectivity index (χ2n) is 11.2. The summed E-state index contributed by atoms with van der Waals surface area (Å²) in [7, 11) is 3.13. The number of hydrogen-bond acceptors (Lipinski definition) is 7. The Balaban J connectivity index is 1.12. The highest BCUT2D eigenvalue weighted by Crippen LogP contribution is 2.49. The fourth-order valence-corrected chi connectivity index (χ4v) is 6.50. The van der Waals surface area contributed by atoms with Crippen molar-refractivity contribution in [2.75, 3.05) is 19.5 Å². The van der Waals surface area contributed by atoms with E-state index in [0.717, 1.165) is 31.1 Å². The molecule has 10 nitrogen and oxygen atoms in total. The number of hydrogen-bond donors (Lipinski definition) is 3. The first-order chi connectivity index (χ1) is 19.8. The SMILES string of the molecule is COc1cc2nccc(Oc3ccc(NC(=O)C4(C(=O)N[C@@H]5C6CCC(CC6)[C@H]5C(=O)O)CC4)cc3)c2cc1OC. The van der Waals surface area contributed by atoms with E-state index in [4.69, 9.17) is 14.2 Å². The maximum atomic E-state index is 13.3. The lowest BCUT2D eigenvalue weighted by Crippen LogP contribution is -2.58. The molecule has 0 radical (unpaired) electrons. The first-order valence-electron chi connectivity index (χ1n) is 14.0. The number of rotatable bonds is 9. The molecule has 0 aliphatic heterocycles. The van der Waals surface area contributed by atoms with E-state index in [1.807, 2.05) is 6.07 Å². The molecule has 0 unspecified atom stereocenters. The van der Waals surface area contributed by atoms with Gasteiger partial charge in [-0.15, -0.1) is 0 Å². The van der Waals surface area contributed by atoms with E-state index >= 15 is 0 Å². The third-order valence-corrected chi connectivity index (χ3v) is 8.97. The summed E-state index contributed by atoms with van der Waals surface area (Å²) in [6.07, 6.45) is 6.14. The van der Waals surface area contributed by atoms with Crippen molar-refractivity contribution in [3.05, 3.63) is 48.7 Å². The van der Waals surface area contributed by atoms with E-state index in [0.29, 0.717) is 47.0 Å². The summed E-state index contributed by atoms with van der Waals surface area (Å²) in [6.45, 7) is 0. The molecule has 4 fully saturated rings. The van der Waals surface area contributed by atoms with Crippen LogP contribution in [0.5, 0.6) is 23.0 Å². The Morgan fingerprint density at radius 1 is 0.878 bits per heavy atom. The van der Waals surface area contributed by atoms with Crippen LogP contribution in [0.2, 0.25) is 0 Å². The van der Waals surface area contributed by atoms with Crippen LogP contribution in [-0.4, -0.2) is 48.1 Å².